The van der Waals surface area contributed by atoms with Crippen LogP contribution in [0.15, 0.2) is 70.3 Å². The highest BCUT2D eigenvalue weighted by molar-refractivity contribution is 7.92. The van der Waals surface area contributed by atoms with E-state index in [1.807, 2.05) is 44.2 Å². The molecule has 0 aliphatic carbocycles. The number of fused-ring (bicyclic) bond motifs is 1. The van der Waals surface area contributed by atoms with Crippen molar-refractivity contribution in [2.24, 2.45) is 5.92 Å². The van der Waals surface area contributed by atoms with Gasteiger partial charge in [0.15, 0.2) is 0 Å². The molecule has 1 aliphatic rings. The monoisotopic (exact) mass is 531 g/mol. The van der Waals surface area contributed by atoms with Crippen LogP contribution in [0.2, 0.25) is 5.02 Å². The van der Waals surface area contributed by atoms with E-state index in [4.69, 9.17) is 11.6 Å². The zero-order valence-corrected chi connectivity index (χ0v) is 21.7. The largest absolute Gasteiger partial charge is 0.301 e. The van der Waals surface area contributed by atoms with Gasteiger partial charge in [-0.25, -0.2) is 13.1 Å². The molecule has 2 heterocycles. The van der Waals surface area contributed by atoms with Gasteiger partial charge in [0.05, 0.1) is 12.1 Å². The van der Waals surface area contributed by atoms with Gasteiger partial charge in [0.25, 0.3) is 15.9 Å². The molecule has 2 aromatic carbocycles. The van der Waals surface area contributed by atoms with Crippen molar-refractivity contribution in [1.82, 2.24) is 10.0 Å². The fraction of sp³-hybridized carbons (Fsp3) is 0.280. The van der Waals surface area contributed by atoms with Crippen molar-refractivity contribution in [2.45, 2.75) is 36.6 Å². The Hall–Kier alpha value is -2.72. The molecule has 0 saturated heterocycles. The van der Waals surface area contributed by atoms with E-state index in [0.717, 1.165) is 28.9 Å². The fourth-order valence-corrected chi connectivity index (χ4v) is 6.30. The van der Waals surface area contributed by atoms with Crippen LogP contribution in [-0.2, 0) is 19.6 Å². The van der Waals surface area contributed by atoms with E-state index in [1.54, 1.807) is 29.6 Å². The topological polar surface area (TPSA) is 95.6 Å². The molecular formula is C25H26ClN3O4S2. The van der Waals surface area contributed by atoms with Gasteiger partial charge >= 0.3 is 0 Å². The average molecular weight is 532 g/mol. The van der Waals surface area contributed by atoms with Gasteiger partial charge in [0, 0.05) is 10.7 Å². The number of hydrogen-bond donors (Lipinski definition) is 2. The Morgan fingerprint density at radius 1 is 1.17 bits per heavy atom. The van der Waals surface area contributed by atoms with Gasteiger partial charge in [-0.2, -0.15) is 0 Å². The molecule has 0 saturated carbocycles. The molecule has 2 amide bonds. The Morgan fingerprint density at radius 3 is 2.57 bits per heavy atom. The molecule has 2 N–H and O–H groups in total. The summed E-state index contributed by atoms with van der Waals surface area (Å²) in [7, 11) is -4.02. The standard InChI is InChI=1S/C25H26ClN3O4S2/c1-3-16(2)23-25(31)29(15-21(30)28-35(32,33)22-10-7-13-34-22)20-12-11-18(26)14-19(20)24(27-23)17-8-5-4-6-9-17/h4-14,16,23-24,27H,3,15H2,1-2H3,(H,28,30)/t16?,23-,24?/m0/s1. The van der Waals surface area contributed by atoms with Crippen molar-refractivity contribution in [2.75, 3.05) is 11.4 Å². The third-order valence-corrected chi connectivity index (χ3v) is 9.13. The summed E-state index contributed by atoms with van der Waals surface area (Å²) in [6, 6.07) is 16.9. The number of nitrogens with zero attached hydrogens (tertiary/aromatic N) is 1. The first-order valence-electron chi connectivity index (χ1n) is 11.2. The van der Waals surface area contributed by atoms with E-state index in [9.17, 15) is 18.0 Å². The molecule has 1 aromatic heterocycles. The molecule has 7 nitrogen and oxygen atoms in total. The summed E-state index contributed by atoms with van der Waals surface area (Å²) in [5.41, 5.74) is 2.19. The molecule has 4 rings (SSSR count). The maximum Gasteiger partial charge on any atom is 0.273 e. The maximum absolute atomic E-state index is 13.8. The summed E-state index contributed by atoms with van der Waals surface area (Å²) in [5, 5.41) is 5.60. The summed E-state index contributed by atoms with van der Waals surface area (Å²) in [6.07, 6.45) is 0.731. The fourth-order valence-electron chi connectivity index (χ4n) is 4.15. The number of hydrogen-bond acceptors (Lipinski definition) is 6. The number of carbonyl (C=O) groups is 2. The Balaban J connectivity index is 1.75. The molecule has 0 bridgehead atoms. The summed E-state index contributed by atoms with van der Waals surface area (Å²) in [4.78, 5) is 28.1. The summed E-state index contributed by atoms with van der Waals surface area (Å²) in [5.74, 6) is -1.14. The van der Waals surface area contributed by atoms with Gasteiger partial charge in [0.1, 0.15) is 10.8 Å². The van der Waals surface area contributed by atoms with Crippen LogP contribution < -0.4 is 14.9 Å². The molecule has 0 spiro atoms. The van der Waals surface area contributed by atoms with Crippen LogP contribution in [0.5, 0.6) is 0 Å². The molecule has 3 atom stereocenters. The third-order valence-electron chi connectivity index (χ3n) is 6.13. The first-order chi connectivity index (χ1) is 16.7. The number of nitrogens with one attached hydrogen (secondary N) is 2. The quantitative estimate of drug-likeness (QED) is 0.472. The van der Waals surface area contributed by atoms with Gasteiger partial charge in [-0.1, -0.05) is 68.3 Å². The predicted molar refractivity (Wildman–Crippen MR) is 138 cm³/mol. The molecule has 0 radical (unpaired) electrons. The number of amides is 2. The van der Waals surface area contributed by atoms with Crippen molar-refractivity contribution < 1.29 is 18.0 Å². The zero-order chi connectivity index (χ0) is 25.2. The lowest BCUT2D eigenvalue weighted by molar-refractivity contribution is -0.124. The smallest absolute Gasteiger partial charge is 0.273 e. The summed E-state index contributed by atoms with van der Waals surface area (Å²) < 4.78 is 27.3. The van der Waals surface area contributed by atoms with Crippen molar-refractivity contribution in [3.8, 4) is 0 Å². The molecular weight excluding hydrogens is 506 g/mol. The number of anilines is 1. The van der Waals surface area contributed by atoms with Gasteiger partial charge in [-0.05, 0) is 46.7 Å². The van der Waals surface area contributed by atoms with E-state index in [0.29, 0.717) is 10.7 Å². The normalized spacial score (nSPS) is 19.1. The molecule has 0 fully saturated rings. The molecule has 35 heavy (non-hydrogen) atoms. The van der Waals surface area contributed by atoms with Crippen LogP contribution in [0.1, 0.15) is 37.4 Å². The Morgan fingerprint density at radius 2 is 1.91 bits per heavy atom. The first-order valence-corrected chi connectivity index (χ1v) is 14.0. The lowest BCUT2D eigenvalue weighted by Crippen LogP contribution is -2.51. The number of benzene rings is 2. The second kappa shape index (κ2) is 10.5. The van der Waals surface area contributed by atoms with Crippen molar-refractivity contribution in [1.29, 1.82) is 0 Å². The summed E-state index contributed by atoms with van der Waals surface area (Å²) >= 11 is 7.36. The highest BCUT2D eigenvalue weighted by Gasteiger charge is 2.38. The van der Waals surface area contributed by atoms with Gasteiger partial charge in [-0.3, -0.25) is 14.9 Å². The minimum Gasteiger partial charge on any atom is -0.301 e. The third kappa shape index (κ3) is 5.43. The van der Waals surface area contributed by atoms with Crippen LogP contribution in [-0.4, -0.2) is 32.8 Å². The zero-order valence-electron chi connectivity index (χ0n) is 19.3. The predicted octanol–water partition coefficient (Wildman–Crippen LogP) is 4.35. The molecule has 2 unspecified atom stereocenters. The Kier molecular flexibility index (Phi) is 7.61. The van der Waals surface area contributed by atoms with Crippen LogP contribution in [0.3, 0.4) is 0 Å². The van der Waals surface area contributed by atoms with Crippen LogP contribution >= 0.6 is 22.9 Å². The highest BCUT2D eigenvalue weighted by atomic mass is 35.5. The molecule has 3 aromatic rings. The van der Waals surface area contributed by atoms with Crippen molar-refractivity contribution >= 4 is 50.5 Å². The SMILES string of the molecule is CCC(C)[C@@H]1NC(c2ccccc2)c2cc(Cl)ccc2N(CC(=O)NS(=O)(=O)c2cccs2)C1=O. The lowest BCUT2D eigenvalue weighted by atomic mass is 9.94. The second-order valence-electron chi connectivity index (χ2n) is 8.46. The number of halogens is 1. The lowest BCUT2D eigenvalue weighted by Gasteiger charge is -2.28. The second-order valence-corrected chi connectivity index (χ2v) is 11.8. The highest BCUT2D eigenvalue weighted by Crippen LogP contribution is 2.37. The molecule has 184 valence electrons. The maximum atomic E-state index is 13.8. The van der Waals surface area contributed by atoms with E-state index < -0.39 is 28.5 Å². The molecule has 1 aliphatic heterocycles. The number of carbonyl (C=O) groups excluding carboxylic acids is 2. The minimum atomic E-state index is -4.02. The Labute approximate surface area is 214 Å². The minimum absolute atomic E-state index is 0.0310. The number of sulfonamides is 1. The number of rotatable bonds is 7. The van der Waals surface area contributed by atoms with E-state index >= 15 is 0 Å². The van der Waals surface area contributed by atoms with Crippen LogP contribution in [0, 0.1) is 5.92 Å². The van der Waals surface area contributed by atoms with E-state index in [-0.39, 0.29) is 22.1 Å². The average Bonchev–Trinajstić information content (AvgIpc) is 3.36. The van der Waals surface area contributed by atoms with Gasteiger partial charge < -0.3 is 4.90 Å². The van der Waals surface area contributed by atoms with Crippen molar-refractivity contribution in [3.63, 3.8) is 0 Å². The van der Waals surface area contributed by atoms with Gasteiger partial charge in [0.2, 0.25) is 5.91 Å². The van der Waals surface area contributed by atoms with Gasteiger partial charge in [-0.15, -0.1) is 11.3 Å². The first kappa shape index (κ1) is 25.4. The van der Waals surface area contributed by atoms with E-state index in [2.05, 4.69) is 10.0 Å². The van der Waals surface area contributed by atoms with Crippen molar-refractivity contribution in [3.05, 3.63) is 82.2 Å². The van der Waals surface area contributed by atoms with Crippen LogP contribution in [0.25, 0.3) is 0 Å². The molecule has 10 heteroatoms. The number of thiophene rings is 1. The van der Waals surface area contributed by atoms with E-state index in [1.165, 1.54) is 11.0 Å². The Bertz CT molecular complexity index is 1310. The van der Waals surface area contributed by atoms with Crippen LogP contribution in [0.4, 0.5) is 5.69 Å². The summed E-state index contributed by atoms with van der Waals surface area (Å²) in [6.45, 7) is 3.52.